The van der Waals surface area contributed by atoms with Gasteiger partial charge >= 0.3 is 0 Å². The molecule has 2 aromatic rings. The summed E-state index contributed by atoms with van der Waals surface area (Å²) in [6.45, 7) is 10.6. The number of rotatable bonds is 44. The summed E-state index contributed by atoms with van der Waals surface area (Å²) in [5.74, 6) is 0.904. The molecule has 2 atom stereocenters. The molecule has 0 N–H and O–H groups in total. The Morgan fingerprint density at radius 1 is 0.343 bits per heavy atom. The molecule has 0 fully saturated rings. The number of nitrogens with zero attached hydrogens (tertiary/aromatic N) is 2. The summed E-state index contributed by atoms with van der Waals surface area (Å²) in [5.41, 5.74) is 4.97. The fourth-order valence-corrected chi connectivity index (χ4v) is 12.3. The summed E-state index contributed by atoms with van der Waals surface area (Å²) in [7, 11) is 0. The van der Waals surface area contributed by atoms with Crippen molar-refractivity contribution in [3.8, 4) is 0 Å². The molecule has 4 nitrogen and oxygen atoms in total. The summed E-state index contributed by atoms with van der Waals surface area (Å²) in [6, 6.07) is 12.6. The van der Waals surface area contributed by atoms with Gasteiger partial charge in [0, 0.05) is 33.2 Å². The molecule has 2 aromatic carbocycles. The molecule has 2 amide bonds. The summed E-state index contributed by atoms with van der Waals surface area (Å²) in [4.78, 5) is 34.7. The Hall–Kier alpha value is -1.92. The van der Waals surface area contributed by atoms with Crippen molar-refractivity contribution < 1.29 is 9.59 Å². The topological polar surface area (TPSA) is 40.6 Å². The summed E-state index contributed by atoms with van der Waals surface area (Å²) >= 11 is 7.59. The van der Waals surface area contributed by atoms with Crippen molar-refractivity contribution in [2.75, 3.05) is 22.9 Å². The number of unbranched alkanes of at least 4 members (excludes halogenated alkanes) is 32. The van der Waals surface area contributed by atoms with E-state index in [0.29, 0.717) is 23.0 Å². The monoisotopic (exact) mass is 1090 g/mol. The van der Waals surface area contributed by atoms with Gasteiger partial charge in [0.15, 0.2) is 0 Å². The second-order valence-electron chi connectivity index (χ2n) is 22.1. The smallest absolute Gasteiger partial charge is 0.259 e. The lowest BCUT2D eigenvalue weighted by molar-refractivity contribution is -0.114. The van der Waals surface area contributed by atoms with E-state index in [2.05, 4.69) is 106 Å². The van der Waals surface area contributed by atoms with Crippen LogP contribution in [0.25, 0.3) is 11.1 Å². The minimum atomic E-state index is 0.0111. The van der Waals surface area contributed by atoms with Crippen LogP contribution < -0.4 is 9.80 Å². The molecule has 0 saturated carbocycles. The van der Waals surface area contributed by atoms with Gasteiger partial charge in [0.05, 0.1) is 22.5 Å². The molecule has 4 rings (SSSR count). The quantitative estimate of drug-likeness (QED) is 0.0490. The van der Waals surface area contributed by atoms with Gasteiger partial charge in [0.1, 0.15) is 0 Å². The van der Waals surface area contributed by atoms with Crippen LogP contribution in [0.1, 0.15) is 296 Å². The van der Waals surface area contributed by atoms with Gasteiger partial charge in [-0.05, 0) is 61.8 Å². The van der Waals surface area contributed by atoms with Crippen molar-refractivity contribution in [3.63, 3.8) is 0 Å². The molecule has 2 unspecified atom stereocenters. The average Bonchev–Trinajstić information content (AvgIpc) is 3.77. The molecule has 0 bridgehead atoms. The highest BCUT2D eigenvalue weighted by Crippen LogP contribution is 2.48. The van der Waals surface area contributed by atoms with E-state index >= 15 is 9.59 Å². The average molecular weight is 1090 g/mol. The Morgan fingerprint density at radius 2 is 0.571 bits per heavy atom. The molecule has 0 radical (unpaired) electrons. The lowest BCUT2D eigenvalue weighted by Gasteiger charge is -2.25. The van der Waals surface area contributed by atoms with E-state index in [1.165, 1.54) is 231 Å². The molecule has 2 aliphatic heterocycles. The van der Waals surface area contributed by atoms with E-state index in [1.54, 1.807) is 0 Å². The van der Waals surface area contributed by atoms with Gasteiger partial charge in [0.2, 0.25) is 0 Å². The van der Waals surface area contributed by atoms with Gasteiger partial charge < -0.3 is 9.80 Å². The number of hydrogen-bond donors (Lipinski definition) is 0. The van der Waals surface area contributed by atoms with Crippen LogP contribution in [-0.4, -0.2) is 24.9 Å². The fraction of sp³-hybridized carbons (Fsp3) is 0.750. The standard InChI is InChI=1S/C64H104Br2N2O2/c1-5-9-13-17-21-25-27-31-35-39-43-53(41-37-33-29-23-19-15-11-7-3)51-67-59-49-55(65)45-47-57(59)61(63(67)69)62-58-48-46-56(66)50-60(58)68(64(62)70)52-54(42-38-34-30-24-20-16-12-8-4)44-40-36-32-28-26-22-18-14-10-6-2/h45-50,53-54H,5-44,51-52H2,1-4H3. The predicted molar refractivity (Wildman–Crippen MR) is 314 cm³/mol. The number of halogens is 2. The Morgan fingerprint density at radius 3 is 0.814 bits per heavy atom. The molecule has 0 aromatic heterocycles. The predicted octanol–water partition coefficient (Wildman–Crippen LogP) is 21.7. The minimum Gasteiger partial charge on any atom is -0.307 e. The Labute approximate surface area is 448 Å². The number of amides is 2. The minimum absolute atomic E-state index is 0.0111. The van der Waals surface area contributed by atoms with Gasteiger partial charge in [-0.15, -0.1) is 0 Å². The normalized spacial score (nSPS) is 15.4. The molecule has 0 spiro atoms. The van der Waals surface area contributed by atoms with Crippen LogP contribution in [0.2, 0.25) is 0 Å². The molecular formula is C64H104Br2N2O2. The molecule has 0 saturated heterocycles. The molecule has 6 heteroatoms. The van der Waals surface area contributed by atoms with Gasteiger partial charge in [-0.2, -0.15) is 0 Å². The maximum Gasteiger partial charge on any atom is 0.259 e. The summed E-state index contributed by atoms with van der Waals surface area (Å²) in [5, 5.41) is 0. The number of anilines is 2. The Bertz CT molecular complexity index is 1630. The van der Waals surface area contributed by atoms with E-state index in [4.69, 9.17) is 0 Å². The first-order chi connectivity index (χ1) is 34.3. The number of carbonyl (C=O) groups excluding carboxylic acids is 2. The number of benzene rings is 2. The summed E-state index contributed by atoms with van der Waals surface area (Å²) in [6.07, 6.45) is 52.5. The number of hydrogen-bond acceptors (Lipinski definition) is 2. The second kappa shape index (κ2) is 37.8. The first-order valence-corrected chi connectivity index (χ1v) is 31.9. The van der Waals surface area contributed by atoms with Crippen LogP contribution in [0.3, 0.4) is 0 Å². The molecule has 396 valence electrons. The van der Waals surface area contributed by atoms with Gasteiger partial charge in [0.25, 0.3) is 11.8 Å². The van der Waals surface area contributed by atoms with Gasteiger partial charge in [-0.1, -0.05) is 303 Å². The molecule has 2 aliphatic rings. The maximum absolute atomic E-state index is 15.3. The zero-order chi connectivity index (χ0) is 50.0. The van der Waals surface area contributed by atoms with Crippen LogP contribution in [0.5, 0.6) is 0 Å². The zero-order valence-corrected chi connectivity index (χ0v) is 49.0. The van der Waals surface area contributed by atoms with E-state index in [9.17, 15) is 0 Å². The molecular weight excluding hydrogens is 989 g/mol. The third-order valence-electron chi connectivity index (χ3n) is 16.0. The van der Waals surface area contributed by atoms with Crippen molar-refractivity contribution in [1.82, 2.24) is 0 Å². The highest BCUT2D eigenvalue weighted by Gasteiger charge is 2.43. The SMILES string of the molecule is CCCCCCCCCCCCC(CCCCCCCCCC)CN1C(=O)C(=C2C(=O)N(CC(CCCCCCCCCC)CCCCCCCCCCCC)c3cc(Br)ccc32)c2ccc(Br)cc21. The van der Waals surface area contributed by atoms with Crippen molar-refractivity contribution in [3.05, 3.63) is 56.5 Å². The van der Waals surface area contributed by atoms with E-state index in [0.717, 1.165) is 70.2 Å². The third kappa shape index (κ3) is 22.3. The Balaban J connectivity index is 1.52. The van der Waals surface area contributed by atoms with Crippen LogP contribution in [0.4, 0.5) is 11.4 Å². The van der Waals surface area contributed by atoms with Crippen LogP contribution in [-0.2, 0) is 9.59 Å². The fourth-order valence-electron chi connectivity index (χ4n) is 11.6. The largest absolute Gasteiger partial charge is 0.307 e. The van der Waals surface area contributed by atoms with Crippen LogP contribution >= 0.6 is 31.9 Å². The van der Waals surface area contributed by atoms with Crippen LogP contribution in [0.15, 0.2) is 45.3 Å². The van der Waals surface area contributed by atoms with Crippen molar-refractivity contribution >= 4 is 66.2 Å². The molecule has 2 heterocycles. The number of fused-ring (bicyclic) bond motifs is 2. The van der Waals surface area contributed by atoms with Crippen molar-refractivity contribution in [2.45, 2.75) is 285 Å². The first-order valence-electron chi connectivity index (χ1n) is 30.3. The highest BCUT2D eigenvalue weighted by molar-refractivity contribution is 9.10. The highest BCUT2D eigenvalue weighted by atomic mass is 79.9. The van der Waals surface area contributed by atoms with E-state index in [-0.39, 0.29) is 11.8 Å². The molecule has 0 aliphatic carbocycles. The van der Waals surface area contributed by atoms with Crippen molar-refractivity contribution in [2.24, 2.45) is 11.8 Å². The third-order valence-corrected chi connectivity index (χ3v) is 16.9. The van der Waals surface area contributed by atoms with Crippen LogP contribution in [0, 0.1) is 11.8 Å². The van der Waals surface area contributed by atoms with Crippen molar-refractivity contribution in [1.29, 1.82) is 0 Å². The lowest BCUT2D eigenvalue weighted by atomic mass is 9.93. The first kappa shape index (κ1) is 60.6. The molecule has 70 heavy (non-hydrogen) atoms. The zero-order valence-electron chi connectivity index (χ0n) is 45.8. The van der Waals surface area contributed by atoms with E-state index in [1.807, 2.05) is 0 Å². The van der Waals surface area contributed by atoms with E-state index < -0.39 is 0 Å². The van der Waals surface area contributed by atoms with Gasteiger partial charge in [-0.25, -0.2) is 0 Å². The summed E-state index contributed by atoms with van der Waals surface area (Å²) < 4.78 is 1.95. The van der Waals surface area contributed by atoms with Gasteiger partial charge in [-0.3, -0.25) is 9.59 Å². The second-order valence-corrected chi connectivity index (χ2v) is 23.9. The maximum atomic E-state index is 15.3. The number of carbonyl (C=O) groups is 2. The lowest BCUT2D eigenvalue weighted by Crippen LogP contribution is -2.34. The Kier molecular flexibility index (Phi) is 32.7.